The van der Waals surface area contributed by atoms with Gasteiger partial charge in [0.1, 0.15) is 0 Å². The van der Waals surface area contributed by atoms with Gasteiger partial charge in [0, 0.05) is 24.2 Å². The van der Waals surface area contributed by atoms with Crippen LogP contribution in [0.1, 0.15) is 11.4 Å². The van der Waals surface area contributed by atoms with E-state index in [9.17, 15) is 0 Å². The third-order valence-corrected chi connectivity index (χ3v) is 4.63. The van der Waals surface area contributed by atoms with Crippen molar-refractivity contribution in [3.05, 3.63) is 66.0 Å². The van der Waals surface area contributed by atoms with E-state index in [1.54, 1.807) is 18.9 Å². The van der Waals surface area contributed by atoms with Gasteiger partial charge in [0.25, 0.3) is 0 Å². The van der Waals surface area contributed by atoms with Gasteiger partial charge in [-0.25, -0.2) is 0 Å². The van der Waals surface area contributed by atoms with Crippen LogP contribution in [0.15, 0.2) is 59.8 Å². The van der Waals surface area contributed by atoms with Gasteiger partial charge in [0.15, 0.2) is 11.0 Å². The first-order valence-electron chi connectivity index (χ1n) is 8.20. The van der Waals surface area contributed by atoms with Gasteiger partial charge in [0.2, 0.25) is 0 Å². The number of methoxy groups -OCH3 is 1. The standard InChI is InChI=1S/C19H22N4OS/c1-15-8-10-16(11-9-15)20-14-18-21-22-19(25-13-12-24-2)23(18)17-6-4-3-5-7-17/h3-11,20H,12-14H2,1-2H3. The molecular formula is C19H22N4OS. The summed E-state index contributed by atoms with van der Waals surface area (Å²) in [6.45, 7) is 3.37. The molecule has 0 aliphatic rings. The van der Waals surface area contributed by atoms with Crippen LogP contribution in [-0.2, 0) is 11.3 Å². The molecule has 6 heteroatoms. The van der Waals surface area contributed by atoms with Gasteiger partial charge < -0.3 is 10.1 Å². The number of aromatic nitrogens is 3. The summed E-state index contributed by atoms with van der Waals surface area (Å²) >= 11 is 1.65. The Kier molecular flexibility index (Phi) is 6.09. The number of thioether (sulfide) groups is 1. The van der Waals surface area contributed by atoms with E-state index in [4.69, 9.17) is 4.74 Å². The van der Waals surface area contributed by atoms with Crippen LogP contribution in [0.2, 0.25) is 0 Å². The molecule has 1 N–H and O–H groups in total. The first-order chi connectivity index (χ1) is 12.3. The van der Waals surface area contributed by atoms with E-state index < -0.39 is 0 Å². The lowest BCUT2D eigenvalue weighted by Crippen LogP contribution is -2.08. The molecule has 2 aromatic carbocycles. The number of aryl methyl sites for hydroxylation is 1. The van der Waals surface area contributed by atoms with E-state index in [0.717, 1.165) is 28.1 Å². The Hall–Kier alpha value is -2.31. The van der Waals surface area contributed by atoms with E-state index >= 15 is 0 Å². The summed E-state index contributed by atoms with van der Waals surface area (Å²) < 4.78 is 7.24. The number of rotatable bonds is 8. The maximum absolute atomic E-state index is 5.14. The summed E-state index contributed by atoms with van der Waals surface area (Å²) in [6.07, 6.45) is 0. The largest absolute Gasteiger partial charge is 0.384 e. The molecular weight excluding hydrogens is 332 g/mol. The molecule has 0 unspecified atom stereocenters. The van der Waals surface area contributed by atoms with Crippen LogP contribution in [0.3, 0.4) is 0 Å². The summed E-state index contributed by atoms with van der Waals surface area (Å²) in [7, 11) is 1.71. The molecule has 3 rings (SSSR count). The molecule has 0 atom stereocenters. The number of hydrogen-bond acceptors (Lipinski definition) is 5. The predicted molar refractivity (Wildman–Crippen MR) is 102 cm³/mol. The number of ether oxygens (including phenoxy) is 1. The van der Waals surface area contributed by atoms with Gasteiger partial charge in [-0.3, -0.25) is 4.57 Å². The molecule has 3 aromatic rings. The first-order valence-corrected chi connectivity index (χ1v) is 9.18. The fourth-order valence-corrected chi connectivity index (χ4v) is 3.28. The highest BCUT2D eigenvalue weighted by Gasteiger charge is 2.14. The molecule has 0 aliphatic carbocycles. The molecule has 25 heavy (non-hydrogen) atoms. The highest BCUT2D eigenvalue weighted by Crippen LogP contribution is 2.22. The highest BCUT2D eigenvalue weighted by atomic mass is 32.2. The monoisotopic (exact) mass is 354 g/mol. The van der Waals surface area contributed by atoms with Crippen molar-refractivity contribution in [2.45, 2.75) is 18.6 Å². The van der Waals surface area contributed by atoms with E-state index in [1.807, 2.05) is 18.2 Å². The predicted octanol–water partition coefficient (Wildman–Crippen LogP) is 3.93. The zero-order valence-electron chi connectivity index (χ0n) is 14.5. The van der Waals surface area contributed by atoms with Crippen LogP contribution >= 0.6 is 11.8 Å². The summed E-state index contributed by atoms with van der Waals surface area (Å²) in [5.74, 6) is 1.72. The van der Waals surface area contributed by atoms with Crippen molar-refractivity contribution in [2.24, 2.45) is 0 Å². The lowest BCUT2D eigenvalue weighted by atomic mass is 10.2. The van der Waals surface area contributed by atoms with Gasteiger partial charge in [-0.2, -0.15) is 0 Å². The third-order valence-electron chi connectivity index (χ3n) is 3.74. The van der Waals surface area contributed by atoms with Crippen molar-refractivity contribution in [1.29, 1.82) is 0 Å². The summed E-state index contributed by atoms with van der Waals surface area (Å²) in [6, 6.07) is 18.5. The molecule has 1 aromatic heterocycles. The van der Waals surface area contributed by atoms with E-state index in [-0.39, 0.29) is 0 Å². The first kappa shape index (κ1) is 17.5. The van der Waals surface area contributed by atoms with Crippen LogP contribution in [0.4, 0.5) is 5.69 Å². The molecule has 0 radical (unpaired) electrons. The minimum Gasteiger partial charge on any atom is -0.384 e. The van der Waals surface area contributed by atoms with Gasteiger partial charge in [-0.05, 0) is 31.2 Å². The second-order valence-corrected chi connectivity index (χ2v) is 6.69. The fraction of sp³-hybridized carbons (Fsp3) is 0.263. The summed E-state index contributed by atoms with van der Waals surface area (Å²) in [5, 5.41) is 13.1. The molecule has 0 saturated heterocycles. The zero-order chi connectivity index (χ0) is 17.5. The van der Waals surface area contributed by atoms with Crippen LogP contribution in [0.25, 0.3) is 5.69 Å². The topological polar surface area (TPSA) is 52.0 Å². The number of anilines is 1. The molecule has 1 heterocycles. The van der Waals surface area contributed by atoms with Gasteiger partial charge >= 0.3 is 0 Å². The number of nitrogens with one attached hydrogen (secondary N) is 1. The Balaban J connectivity index is 1.81. The average Bonchev–Trinajstić information content (AvgIpc) is 3.05. The summed E-state index contributed by atoms with van der Waals surface area (Å²) in [4.78, 5) is 0. The molecule has 130 valence electrons. The Labute approximate surface area is 152 Å². The quantitative estimate of drug-likeness (QED) is 0.491. The van der Waals surface area contributed by atoms with E-state index in [1.165, 1.54) is 5.56 Å². The Bertz CT molecular complexity index is 787. The maximum atomic E-state index is 5.14. The SMILES string of the molecule is COCCSc1nnc(CNc2ccc(C)cc2)n1-c1ccccc1. The lowest BCUT2D eigenvalue weighted by Gasteiger charge is -2.11. The molecule has 0 amide bonds. The summed E-state index contributed by atoms with van der Waals surface area (Å²) in [5.41, 5.74) is 3.38. The molecule has 0 aliphatic heterocycles. The van der Waals surface area contributed by atoms with Gasteiger partial charge in [0.05, 0.1) is 13.2 Å². The number of nitrogens with zero attached hydrogens (tertiary/aromatic N) is 3. The molecule has 0 spiro atoms. The zero-order valence-corrected chi connectivity index (χ0v) is 15.3. The van der Waals surface area contributed by atoms with Crippen LogP contribution in [-0.4, -0.2) is 34.2 Å². The Morgan fingerprint density at radius 3 is 2.52 bits per heavy atom. The van der Waals surface area contributed by atoms with E-state index in [2.05, 4.69) is 63.4 Å². The molecule has 0 bridgehead atoms. The molecule has 0 saturated carbocycles. The number of benzene rings is 2. The maximum Gasteiger partial charge on any atom is 0.195 e. The number of hydrogen-bond donors (Lipinski definition) is 1. The van der Waals surface area contributed by atoms with E-state index in [0.29, 0.717) is 13.2 Å². The van der Waals surface area contributed by atoms with Crippen molar-refractivity contribution < 1.29 is 4.74 Å². The second kappa shape index (κ2) is 8.69. The van der Waals surface area contributed by atoms with Crippen molar-refractivity contribution in [2.75, 3.05) is 24.8 Å². The van der Waals surface area contributed by atoms with Crippen LogP contribution in [0, 0.1) is 6.92 Å². The van der Waals surface area contributed by atoms with Crippen molar-refractivity contribution in [1.82, 2.24) is 14.8 Å². The van der Waals surface area contributed by atoms with Gasteiger partial charge in [-0.1, -0.05) is 47.7 Å². The fourth-order valence-electron chi connectivity index (χ4n) is 2.41. The smallest absolute Gasteiger partial charge is 0.195 e. The van der Waals surface area contributed by atoms with Crippen LogP contribution < -0.4 is 5.32 Å². The minimum atomic E-state index is 0.607. The van der Waals surface area contributed by atoms with Crippen molar-refractivity contribution >= 4 is 17.4 Å². The second-order valence-electron chi connectivity index (χ2n) is 5.63. The van der Waals surface area contributed by atoms with Crippen molar-refractivity contribution in [3.8, 4) is 5.69 Å². The molecule has 5 nitrogen and oxygen atoms in total. The number of para-hydroxylation sites is 1. The molecule has 0 fully saturated rings. The Morgan fingerprint density at radius 1 is 1.04 bits per heavy atom. The minimum absolute atomic E-state index is 0.607. The Morgan fingerprint density at radius 2 is 1.80 bits per heavy atom. The highest BCUT2D eigenvalue weighted by molar-refractivity contribution is 7.99. The van der Waals surface area contributed by atoms with Crippen molar-refractivity contribution in [3.63, 3.8) is 0 Å². The van der Waals surface area contributed by atoms with Crippen LogP contribution in [0.5, 0.6) is 0 Å². The van der Waals surface area contributed by atoms with Gasteiger partial charge in [-0.15, -0.1) is 10.2 Å². The third kappa shape index (κ3) is 4.61. The lowest BCUT2D eigenvalue weighted by molar-refractivity contribution is 0.218. The average molecular weight is 354 g/mol. The normalized spacial score (nSPS) is 10.8.